The smallest absolute Gasteiger partial charge is 0.267 e. The third-order valence-electron chi connectivity index (χ3n) is 3.87. The largest absolute Gasteiger partial charge is 0.360 e. The minimum Gasteiger partial charge on any atom is -0.360 e. The van der Waals surface area contributed by atoms with Crippen LogP contribution >= 0.6 is 0 Å². The van der Waals surface area contributed by atoms with Gasteiger partial charge in [-0.15, -0.1) is 0 Å². The Balaban J connectivity index is 2.12. The zero-order valence-corrected chi connectivity index (χ0v) is 15.0. The fraction of sp³-hybridized carbons (Fsp3) is 0.190. The number of carbonyl (C=O) groups excluding carboxylic acids is 2. The van der Waals surface area contributed by atoms with E-state index >= 15 is 0 Å². The highest BCUT2D eigenvalue weighted by atomic mass is 16.1. The number of anilines is 2. The summed E-state index contributed by atoms with van der Waals surface area (Å²) in [4.78, 5) is 23.7. The number of nitriles is 1. The molecule has 1 amide bonds. The predicted molar refractivity (Wildman–Crippen MR) is 103 cm³/mol. The maximum Gasteiger partial charge on any atom is 0.267 e. The summed E-state index contributed by atoms with van der Waals surface area (Å²) in [6.07, 6.45) is 1.36. The topological polar surface area (TPSA) is 82.0 Å². The van der Waals surface area contributed by atoms with E-state index in [1.165, 1.54) is 13.1 Å². The summed E-state index contributed by atoms with van der Waals surface area (Å²) in [6.45, 7) is 5.58. The summed E-state index contributed by atoms with van der Waals surface area (Å²) in [5.74, 6) is -0.250. The number of benzene rings is 2. The summed E-state index contributed by atoms with van der Waals surface area (Å²) in [7, 11) is 0. The maximum atomic E-state index is 12.4. The molecule has 0 unspecified atom stereocenters. The van der Waals surface area contributed by atoms with Gasteiger partial charge in [-0.05, 0) is 48.7 Å². The standard InChI is InChI=1S/C21H21N3O2/c1-14(2)19-6-4-5-7-20(19)24-21(26)17(12-22)13-23-18-10-8-16(9-11-18)15(3)25/h4-11,13-14,23H,1-3H3,(H,24,26)/b17-13-. The fourth-order valence-corrected chi connectivity index (χ4v) is 2.41. The number of carbonyl (C=O) groups is 2. The van der Waals surface area contributed by atoms with E-state index in [0.29, 0.717) is 16.9 Å². The Morgan fingerprint density at radius 3 is 2.31 bits per heavy atom. The van der Waals surface area contributed by atoms with Gasteiger partial charge in [0.1, 0.15) is 11.6 Å². The monoisotopic (exact) mass is 347 g/mol. The van der Waals surface area contributed by atoms with Gasteiger partial charge in [0.15, 0.2) is 5.78 Å². The highest BCUT2D eigenvalue weighted by molar-refractivity contribution is 6.07. The molecule has 26 heavy (non-hydrogen) atoms. The Hall–Kier alpha value is -3.39. The van der Waals surface area contributed by atoms with Crippen molar-refractivity contribution in [2.75, 3.05) is 10.6 Å². The van der Waals surface area contributed by atoms with E-state index in [0.717, 1.165) is 5.56 Å². The lowest BCUT2D eigenvalue weighted by Crippen LogP contribution is -2.16. The molecule has 0 aliphatic heterocycles. The van der Waals surface area contributed by atoms with Crippen molar-refractivity contribution in [2.24, 2.45) is 0 Å². The van der Waals surface area contributed by atoms with Crippen molar-refractivity contribution in [2.45, 2.75) is 26.7 Å². The molecule has 0 saturated heterocycles. The van der Waals surface area contributed by atoms with Crippen molar-refractivity contribution in [3.8, 4) is 6.07 Å². The summed E-state index contributed by atoms with van der Waals surface area (Å²) in [5.41, 5.74) is 2.94. The first-order valence-corrected chi connectivity index (χ1v) is 8.30. The second-order valence-electron chi connectivity index (χ2n) is 6.14. The number of hydrogen-bond donors (Lipinski definition) is 2. The number of ketones is 1. The molecule has 5 heteroatoms. The Morgan fingerprint density at radius 2 is 1.73 bits per heavy atom. The highest BCUT2D eigenvalue weighted by Gasteiger charge is 2.13. The summed E-state index contributed by atoms with van der Waals surface area (Å²) in [5, 5.41) is 15.0. The molecule has 0 radical (unpaired) electrons. The van der Waals surface area contributed by atoms with E-state index in [1.54, 1.807) is 24.3 Å². The number of hydrogen-bond acceptors (Lipinski definition) is 4. The average Bonchev–Trinajstić information content (AvgIpc) is 2.63. The molecular weight excluding hydrogens is 326 g/mol. The number of rotatable bonds is 6. The van der Waals surface area contributed by atoms with Gasteiger partial charge in [0.2, 0.25) is 0 Å². The van der Waals surface area contributed by atoms with Crippen molar-refractivity contribution in [1.29, 1.82) is 5.26 Å². The minimum absolute atomic E-state index is 0.0204. The van der Waals surface area contributed by atoms with Gasteiger partial charge in [0.05, 0.1) is 0 Å². The van der Waals surface area contributed by atoms with Crippen molar-refractivity contribution >= 4 is 23.1 Å². The molecule has 0 spiro atoms. The summed E-state index contributed by atoms with van der Waals surface area (Å²) < 4.78 is 0. The minimum atomic E-state index is -0.478. The van der Waals surface area contributed by atoms with Crippen molar-refractivity contribution < 1.29 is 9.59 Å². The van der Waals surface area contributed by atoms with E-state index in [1.807, 2.05) is 44.2 Å². The van der Waals surface area contributed by atoms with E-state index in [4.69, 9.17) is 0 Å². The summed E-state index contributed by atoms with van der Waals surface area (Å²) in [6, 6.07) is 16.2. The van der Waals surface area contributed by atoms with Crippen LogP contribution in [0.15, 0.2) is 60.3 Å². The first kappa shape index (κ1) is 18.9. The molecule has 0 saturated carbocycles. The van der Waals surface area contributed by atoms with Crippen LogP contribution in [0, 0.1) is 11.3 Å². The lowest BCUT2D eigenvalue weighted by Gasteiger charge is -2.13. The second-order valence-corrected chi connectivity index (χ2v) is 6.14. The first-order valence-electron chi connectivity index (χ1n) is 8.30. The van der Waals surface area contributed by atoms with Crippen LogP contribution in [0.4, 0.5) is 11.4 Å². The van der Waals surface area contributed by atoms with Crippen molar-refractivity contribution in [3.05, 3.63) is 71.4 Å². The molecule has 0 fully saturated rings. The van der Waals surface area contributed by atoms with Crippen LogP contribution in [-0.4, -0.2) is 11.7 Å². The third-order valence-corrected chi connectivity index (χ3v) is 3.87. The Morgan fingerprint density at radius 1 is 1.08 bits per heavy atom. The van der Waals surface area contributed by atoms with Gasteiger partial charge < -0.3 is 10.6 Å². The Bertz CT molecular complexity index is 875. The molecule has 5 nitrogen and oxygen atoms in total. The molecular formula is C21H21N3O2. The van der Waals surface area contributed by atoms with E-state index in [-0.39, 0.29) is 17.3 Å². The predicted octanol–water partition coefficient (Wildman–Crippen LogP) is 4.47. The number of Topliss-reactive ketones (excluding diaryl/α,β-unsaturated/α-hetero) is 1. The second kappa shape index (κ2) is 8.63. The SMILES string of the molecule is CC(=O)c1ccc(N/C=C(/C#N)C(=O)Nc2ccccc2C(C)C)cc1. The number of nitrogens with zero attached hydrogens (tertiary/aromatic N) is 1. The molecule has 2 aromatic carbocycles. The molecule has 0 atom stereocenters. The highest BCUT2D eigenvalue weighted by Crippen LogP contribution is 2.24. The van der Waals surface area contributed by atoms with Crippen molar-refractivity contribution in [3.63, 3.8) is 0 Å². The molecule has 2 rings (SSSR count). The lowest BCUT2D eigenvalue weighted by atomic mass is 10.0. The normalized spacial score (nSPS) is 11.0. The third kappa shape index (κ3) is 4.81. The van der Waals surface area contributed by atoms with Crippen LogP contribution in [0.5, 0.6) is 0 Å². The van der Waals surface area contributed by atoms with Crippen LogP contribution in [0.1, 0.15) is 42.6 Å². The van der Waals surface area contributed by atoms with Gasteiger partial charge in [-0.3, -0.25) is 9.59 Å². The molecule has 2 N–H and O–H groups in total. The van der Waals surface area contributed by atoms with Crippen LogP contribution in [0.25, 0.3) is 0 Å². The van der Waals surface area contributed by atoms with Crippen LogP contribution in [-0.2, 0) is 4.79 Å². The van der Waals surface area contributed by atoms with Gasteiger partial charge in [-0.1, -0.05) is 32.0 Å². The quantitative estimate of drug-likeness (QED) is 0.459. The van der Waals surface area contributed by atoms with Crippen LogP contribution < -0.4 is 10.6 Å². The lowest BCUT2D eigenvalue weighted by molar-refractivity contribution is -0.112. The molecule has 0 bridgehead atoms. The molecule has 0 aromatic heterocycles. The number of amides is 1. The molecule has 0 aliphatic rings. The van der Waals surface area contributed by atoms with Crippen molar-refractivity contribution in [1.82, 2.24) is 0 Å². The Kier molecular flexibility index (Phi) is 6.29. The van der Waals surface area contributed by atoms with E-state index < -0.39 is 5.91 Å². The van der Waals surface area contributed by atoms with Gasteiger partial charge in [0.25, 0.3) is 5.91 Å². The van der Waals surface area contributed by atoms with E-state index in [9.17, 15) is 14.9 Å². The zero-order valence-electron chi connectivity index (χ0n) is 15.0. The Labute approximate surface area is 153 Å². The molecule has 0 aliphatic carbocycles. The fourth-order valence-electron chi connectivity index (χ4n) is 2.41. The van der Waals surface area contributed by atoms with Crippen LogP contribution in [0.2, 0.25) is 0 Å². The maximum absolute atomic E-state index is 12.4. The molecule has 0 heterocycles. The van der Waals surface area contributed by atoms with Gasteiger partial charge in [-0.2, -0.15) is 5.26 Å². The van der Waals surface area contributed by atoms with E-state index in [2.05, 4.69) is 10.6 Å². The number of para-hydroxylation sites is 1. The van der Waals surface area contributed by atoms with Gasteiger partial charge in [0, 0.05) is 23.1 Å². The summed E-state index contributed by atoms with van der Waals surface area (Å²) >= 11 is 0. The average molecular weight is 347 g/mol. The first-order chi connectivity index (χ1) is 12.4. The molecule has 2 aromatic rings. The molecule has 132 valence electrons. The van der Waals surface area contributed by atoms with Gasteiger partial charge in [-0.25, -0.2) is 0 Å². The van der Waals surface area contributed by atoms with Gasteiger partial charge >= 0.3 is 0 Å². The zero-order chi connectivity index (χ0) is 19.1. The number of nitrogens with one attached hydrogen (secondary N) is 2. The van der Waals surface area contributed by atoms with Crippen LogP contribution in [0.3, 0.4) is 0 Å².